The van der Waals surface area contributed by atoms with E-state index in [0.29, 0.717) is 42.5 Å². The number of carboxylic acid groups (broad SMARTS) is 1. The van der Waals surface area contributed by atoms with E-state index in [9.17, 15) is 19.2 Å². The number of aromatic amines is 2. The molecule has 0 spiro atoms. The lowest BCUT2D eigenvalue weighted by atomic mass is 9.93. The fraction of sp³-hybridized carbons (Fsp3) is 0.500. The van der Waals surface area contributed by atoms with Crippen molar-refractivity contribution < 1.29 is 28.7 Å². The zero-order chi connectivity index (χ0) is 35.1. The van der Waals surface area contributed by atoms with Crippen molar-refractivity contribution in [3.05, 3.63) is 44.2 Å². The van der Waals surface area contributed by atoms with E-state index in [2.05, 4.69) is 41.2 Å². The first-order valence-electron chi connectivity index (χ1n) is 15.3. The quantitative estimate of drug-likeness (QED) is 0.137. The van der Waals surface area contributed by atoms with Crippen molar-refractivity contribution in [2.45, 2.75) is 52.1 Å². The topological polar surface area (TPSA) is 221 Å². The minimum absolute atomic E-state index is 0.0769. The summed E-state index contributed by atoms with van der Waals surface area (Å²) >= 11 is 1.33. The molecule has 4 heterocycles. The number of aliphatic carboxylic acids is 1. The molecule has 17 nitrogen and oxygen atoms in total. The number of hydrogen-bond acceptors (Lipinski definition) is 12. The average Bonchev–Trinajstić information content (AvgIpc) is 3.68. The second-order valence-electron chi connectivity index (χ2n) is 13.1. The van der Waals surface area contributed by atoms with Crippen LogP contribution in [0.4, 0.5) is 15.7 Å². The van der Waals surface area contributed by atoms with Gasteiger partial charge in [0, 0.05) is 22.9 Å². The van der Waals surface area contributed by atoms with Crippen molar-refractivity contribution in [3.63, 3.8) is 0 Å². The van der Waals surface area contributed by atoms with Crippen molar-refractivity contribution in [2.24, 2.45) is 0 Å². The number of likely N-dealkylation sites (N-methyl/N-ethyl adjacent to an activating group) is 1. The van der Waals surface area contributed by atoms with E-state index >= 15 is 0 Å². The predicted molar refractivity (Wildman–Crippen MR) is 180 cm³/mol. The van der Waals surface area contributed by atoms with Crippen LogP contribution in [0.1, 0.15) is 63.4 Å². The maximum atomic E-state index is 13.4. The van der Waals surface area contributed by atoms with E-state index in [1.54, 1.807) is 21.0 Å². The van der Waals surface area contributed by atoms with E-state index in [0.717, 1.165) is 5.69 Å². The van der Waals surface area contributed by atoms with Gasteiger partial charge in [-0.3, -0.25) is 14.9 Å². The van der Waals surface area contributed by atoms with Gasteiger partial charge in [0.1, 0.15) is 17.7 Å². The molecule has 0 bridgehead atoms. The number of carbonyl (C=O) groups is 3. The molecule has 3 aromatic rings. The molecule has 2 amide bonds. The van der Waals surface area contributed by atoms with Gasteiger partial charge in [0.25, 0.3) is 11.5 Å². The third-order valence-electron chi connectivity index (χ3n) is 7.42. The number of anilines is 2. The number of amides is 2. The van der Waals surface area contributed by atoms with Crippen molar-refractivity contribution >= 4 is 58.5 Å². The Kier molecular flexibility index (Phi) is 11.4. The van der Waals surface area contributed by atoms with Gasteiger partial charge in [0.15, 0.2) is 17.5 Å². The van der Waals surface area contributed by atoms with Crippen molar-refractivity contribution in [1.82, 2.24) is 40.9 Å². The summed E-state index contributed by atoms with van der Waals surface area (Å²) in [4.78, 5) is 63.9. The van der Waals surface area contributed by atoms with Gasteiger partial charge >= 0.3 is 12.1 Å². The molecule has 0 radical (unpaired) electrons. The molecule has 258 valence electrons. The summed E-state index contributed by atoms with van der Waals surface area (Å²) in [6.45, 7) is 9.09. The molecule has 0 saturated carbocycles. The number of alkyl carbamates (subject to hydrolysis) is 1. The Bertz CT molecular complexity index is 1720. The minimum atomic E-state index is -0.924. The number of hydrogen-bond donors (Lipinski definition) is 5. The molecule has 0 aliphatic carbocycles. The van der Waals surface area contributed by atoms with Crippen molar-refractivity contribution in [2.75, 3.05) is 57.0 Å². The highest BCUT2D eigenvalue weighted by molar-refractivity contribution is 7.14. The molecule has 1 aliphatic heterocycles. The Labute approximate surface area is 281 Å². The molecule has 1 atom stereocenters. The molecule has 1 saturated heterocycles. The number of rotatable bonds is 12. The van der Waals surface area contributed by atoms with E-state index in [-0.39, 0.29) is 46.7 Å². The molecule has 1 fully saturated rings. The Morgan fingerprint density at radius 3 is 2.67 bits per heavy atom. The van der Waals surface area contributed by atoms with Gasteiger partial charge in [0.2, 0.25) is 0 Å². The summed E-state index contributed by atoms with van der Waals surface area (Å²) in [5.74, 6) is -0.564. The molecule has 5 N–H and O–H groups in total. The predicted octanol–water partition coefficient (Wildman–Crippen LogP) is 2.11. The fourth-order valence-electron chi connectivity index (χ4n) is 4.81. The van der Waals surface area contributed by atoms with Crippen LogP contribution in [0.25, 0.3) is 18.2 Å². The number of carboxylic acids is 1. The zero-order valence-electron chi connectivity index (χ0n) is 27.9. The highest BCUT2D eigenvalue weighted by atomic mass is 32.1. The normalized spacial score (nSPS) is 15.8. The number of aromatic nitrogens is 7. The largest absolute Gasteiger partial charge is 0.477 e. The van der Waals surface area contributed by atoms with Gasteiger partial charge in [-0.25, -0.2) is 19.6 Å². The summed E-state index contributed by atoms with van der Waals surface area (Å²) in [5.41, 5.74) is 0.766. The molecule has 1 aliphatic rings. The first-order chi connectivity index (χ1) is 22.6. The lowest BCUT2D eigenvalue weighted by Gasteiger charge is -2.34. The molecule has 18 heteroatoms. The number of nitrogens with zero attached hydrogens (tertiary/aromatic N) is 7. The van der Waals surface area contributed by atoms with Crippen LogP contribution in [-0.2, 0) is 19.7 Å². The molecular formula is C30H42N11O6S+. The van der Waals surface area contributed by atoms with Gasteiger partial charge in [-0.05, 0) is 43.2 Å². The smallest absolute Gasteiger partial charge is 0.407 e. The highest BCUT2D eigenvalue weighted by Crippen LogP contribution is 2.27. The third-order valence-corrected chi connectivity index (χ3v) is 8.18. The van der Waals surface area contributed by atoms with Crippen molar-refractivity contribution in [3.8, 4) is 0 Å². The molecule has 0 unspecified atom stereocenters. The number of ether oxygens (including phenoxy) is 1. The summed E-state index contributed by atoms with van der Waals surface area (Å²) < 4.78 is 5.88. The van der Waals surface area contributed by atoms with Crippen LogP contribution < -0.4 is 21.1 Å². The number of thiazole rings is 1. The maximum absolute atomic E-state index is 13.4. The monoisotopic (exact) mass is 684 g/mol. The SMILES string of the molecule is C/C(=C\c1nc(N2CCC[C@@H](OC(=O)NCC[N+](C)(C)CC(=O)O)C2)c(/C=C/c2nn[nH]n2)c(=O)[nH]1)C(=O)Nc1nc(C(C)(C)C)cs1. The van der Waals surface area contributed by atoms with Crippen LogP contribution in [0.2, 0.25) is 0 Å². The summed E-state index contributed by atoms with van der Waals surface area (Å²) in [6.07, 6.45) is 4.67. The van der Waals surface area contributed by atoms with Crippen molar-refractivity contribution in [1.29, 1.82) is 0 Å². The molecule has 48 heavy (non-hydrogen) atoms. The summed E-state index contributed by atoms with van der Waals surface area (Å²) in [5, 5.41) is 30.6. The number of nitrogens with one attached hydrogen (secondary N) is 4. The van der Waals surface area contributed by atoms with Gasteiger partial charge in [-0.2, -0.15) is 5.21 Å². The summed E-state index contributed by atoms with van der Waals surface area (Å²) in [6, 6.07) is 0. The van der Waals surface area contributed by atoms with E-state index in [1.165, 1.54) is 29.6 Å². The van der Waals surface area contributed by atoms with Crippen LogP contribution in [0.3, 0.4) is 0 Å². The van der Waals surface area contributed by atoms with E-state index < -0.39 is 29.6 Å². The summed E-state index contributed by atoms with van der Waals surface area (Å²) in [7, 11) is 3.53. The van der Waals surface area contributed by atoms with Crippen LogP contribution >= 0.6 is 11.3 Å². The number of tetrazole rings is 1. The number of piperidine rings is 1. The minimum Gasteiger partial charge on any atom is -0.477 e. The zero-order valence-corrected chi connectivity index (χ0v) is 28.7. The second kappa shape index (κ2) is 15.3. The van der Waals surface area contributed by atoms with Gasteiger partial charge in [0.05, 0.1) is 45.0 Å². The Hall–Kier alpha value is -4.97. The van der Waals surface area contributed by atoms with Crippen LogP contribution in [0.5, 0.6) is 0 Å². The second-order valence-corrected chi connectivity index (χ2v) is 14.0. The fourth-order valence-corrected chi connectivity index (χ4v) is 5.74. The Morgan fingerprint density at radius 2 is 2.00 bits per heavy atom. The van der Waals surface area contributed by atoms with E-state index in [1.807, 2.05) is 31.1 Å². The van der Waals surface area contributed by atoms with Crippen LogP contribution in [-0.4, -0.2) is 116 Å². The molecule has 3 aromatic heterocycles. The maximum Gasteiger partial charge on any atom is 0.407 e. The van der Waals surface area contributed by atoms with Gasteiger partial charge in [-0.15, -0.1) is 21.5 Å². The van der Waals surface area contributed by atoms with Crippen LogP contribution in [0, 0.1) is 0 Å². The van der Waals surface area contributed by atoms with Crippen LogP contribution in [0.15, 0.2) is 15.7 Å². The Balaban J connectivity index is 1.52. The molecule has 4 rings (SSSR count). The standard InChI is InChI=1S/C30H41N11O6S/c1-18(26(44)35-28-32-21(17-48-28)30(2,3)4)14-23-33-25(20(27(45)34-23)9-10-22-36-38-39-37-22)40-12-7-8-19(15-40)47-29(46)31-11-13-41(5,6)16-24(42)43/h9-10,14,17,19H,7-8,11-13,15-16H2,1-6H3,(H4-,31,32,33,34,35,36,37,38,39,42,43,44,45,46)/p+1/t19-/m1/s1. The first kappa shape index (κ1) is 35.9. The number of quaternary nitrogens is 1. The molecular weight excluding hydrogens is 642 g/mol. The van der Waals surface area contributed by atoms with Gasteiger partial charge < -0.3 is 29.5 Å². The first-order valence-corrected chi connectivity index (χ1v) is 16.2. The highest BCUT2D eigenvalue weighted by Gasteiger charge is 2.27. The Morgan fingerprint density at radius 1 is 1.23 bits per heavy atom. The lowest BCUT2D eigenvalue weighted by Crippen LogP contribution is -2.49. The molecule has 0 aromatic carbocycles. The van der Waals surface area contributed by atoms with Gasteiger partial charge in [-0.1, -0.05) is 20.8 Å². The third kappa shape index (κ3) is 10.3. The number of H-pyrrole nitrogens is 2. The number of carbonyl (C=O) groups excluding carboxylic acids is 2. The average molecular weight is 685 g/mol. The lowest BCUT2D eigenvalue weighted by molar-refractivity contribution is -0.881. The van der Waals surface area contributed by atoms with E-state index in [4.69, 9.17) is 14.8 Å².